The predicted octanol–water partition coefficient (Wildman–Crippen LogP) is 5.04. The summed E-state index contributed by atoms with van der Waals surface area (Å²) in [6.45, 7) is 9.84. The highest BCUT2D eigenvalue weighted by atomic mass is 32.2. The third-order valence-corrected chi connectivity index (χ3v) is 10.1. The van der Waals surface area contributed by atoms with Crippen molar-refractivity contribution in [2.45, 2.75) is 88.4 Å². The van der Waals surface area contributed by atoms with Gasteiger partial charge in [0.25, 0.3) is 5.91 Å². The van der Waals surface area contributed by atoms with Gasteiger partial charge in [0, 0.05) is 47.5 Å². The number of methoxy groups -OCH3 is 1. The molecule has 5 atom stereocenters. The molecule has 1 heterocycles. The van der Waals surface area contributed by atoms with Crippen molar-refractivity contribution >= 4 is 23.6 Å². The number of piperidine rings is 1. The summed E-state index contributed by atoms with van der Waals surface area (Å²) in [5, 5.41) is 18.2. The number of fused-ring (bicyclic) bond motifs is 1. The zero-order valence-corrected chi connectivity index (χ0v) is 28.9. The third kappa shape index (κ3) is 10.7. The molecule has 10 heteroatoms. The second kappa shape index (κ2) is 17.5. The van der Waals surface area contributed by atoms with Gasteiger partial charge in [0.2, 0.25) is 5.91 Å². The molecule has 4 rings (SSSR count). The number of aliphatic hydroxyl groups is 1. The second-order valence-electron chi connectivity index (χ2n) is 13.6. The van der Waals surface area contributed by atoms with Gasteiger partial charge in [0.15, 0.2) is 6.79 Å². The molecule has 0 radical (unpaired) electrons. The average molecular weight is 656 g/mol. The first kappa shape index (κ1) is 36.2. The molecule has 2 fully saturated rings. The molecule has 3 N–H and O–H groups in total. The number of hydrogen-bond donors (Lipinski definition) is 3. The quantitative estimate of drug-likeness (QED) is 0.139. The molecule has 0 bridgehead atoms. The lowest BCUT2D eigenvalue weighted by Gasteiger charge is -2.47. The summed E-state index contributed by atoms with van der Waals surface area (Å²) in [6.07, 6.45) is 4.66. The number of carbonyl (C=O) groups is 2. The largest absolute Gasteiger partial charge is 0.467 e. The fourth-order valence-electron chi connectivity index (χ4n) is 6.52. The van der Waals surface area contributed by atoms with Crippen molar-refractivity contribution in [1.29, 1.82) is 0 Å². The van der Waals surface area contributed by atoms with Crippen molar-refractivity contribution in [1.82, 2.24) is 15.5 Å². The lowest BCUT2D eigenvalue weighted by atomic mass is 9.72. The topological polar surface area (TPSA) is 109 Å². The molecule has 2 aromatic carbocycles. The number of ether oxygens (including phenoxy) is 3. The van der Waals surface area contributed by atoms with Crippen LogP contribution < -0.4 is 15.4 Å². The van der Waals surface area contributed by atoms with Gasteiger partial charge in [-0.05, 0) is 76.6 Å². The number of amides is 2. The molecule has 2 amide bonds. The van der Waals surface area contributed by atoms with Crippen LogP contribution in [0.15, 0.2) is 53.4 Å². The summed E-state index contributed by atoms with van der Waals surface area (Å²) in [7, 11) is 1.61. The number of carbonyl (C=O) groups excluding carboxylic acids is 2. The highest BCUT2D eigenvalue weighted by Gasteiger charge is 2.41. The van der Waals surface area contributed by atoms with E-state index in [1.165, 1.54) is 12.8 Å². The van der Waals surface area contributed by atoms with Gasteiger partial charge < -0.3 is 30.0 Å². The van der Waals surface area contributed by atoms with Gasteiger partial charge in [0.05, 0.1) is 31.4 Å². The molecule has 2 aromatic rings. The Hall–Kier alpha value is -2.63. The van der Waals surface area contributed by atoms with Crippen LogP contribution in [0.5, 0.6) is 5.75 Å². The highest BCUT2D eigenvalue weighted by Crippen LogP contribution is 2.39. The van der Waals surface area contributed by atoms with E-state index in [9.17, 15) is 14.7 Å². The van der Waals surface area contributed by atoms with Crippen molar-refractivity contribution in [3.63, 3.8) is 0 Å². The maximum atomic E-state index is 13.8. The zero-order valence-electron chi connectivity index (χ0n) is 28.1. The average Bonchev–Trinajstić information content (AvgIpc) is 3.02. The number of likely N-dealkylation sites (tertiary alicyclic amines) is 1. The van der Waals surface area contributed by atoms with Crippen LogP contribution in [0, 0.1) is 18.8 Å². The van der Waals surface area contributed by atoms with Crippen LogP contribution in [0.4, 0.5) is 0 Å². The number of aliphatic hydroxyl groups excluding tert-OH is 1. The van der Waals surface area contributed by atoms with E-state index in [1.807, 2.05) is 58.0 Å². The Bertz CT molecular complexity index is 1260. The van der Waals surface area contributed by atoms with Gasteiger partial charge in [-0.15, -0.1) is 11.8 Å². The number of benzene rings is 2. The van der Waals surface area contributed by atoms with Crippen LogP contribution in [-0.2, 0) is 14.3 Å². The van der Waals surface area contributed by atoms with Gasteiger partial charge in [-0.25, -0.2) is 0 Å². The first-order valence-electron chi connectivity index (χ1n) is 16.6. The molecule has 1 aliphatic carbocycles. The summed E-state index contributed by atoms with van der Waals surface area (Å²) >= 11 is 1.59. The van der Waals surface area contributed by atoms with Crippen molar-refractivity contribution in [3.8, 4) is 5.75 Å². The van der Waals surface area contributed by atoms with Crippen molar-refractivity contribution in [2.24, 2.45) is 11.8 Å². The first-order valence-corrected chi connectivity index (χ1v) is 17.6. The number of β-amino-alcohol motifs (C(OH)–C–C–N with tert-alkyl or cyclic N) is 1. The van der Waals surface area contributed by atoms with E-state index in [-0.39, 0.29) is 30.2 Å². The number of hydrogen-bond acceptors (Lipinski definition) is 8. The van der Waals surface area contributed by atoms with Crippen molar-refractivity contribution < 1.29 is 28.9 Å². The molecular formula is C36H53N3O6S. The Balaban J connectivity index is 1.51. The summed E-state index contributed by atoms with van der Waals surface area (Å²) in [5.74, 6) is 1.82. The molecule has 2 aliphatic rings. The molecule has 0 aromatic heterocycles. The molecule has 9 nitrogen and oxygen atoms in total. The fraction of sp³-hybridized carbons (Fsp3) is 0.611. The Labute approximate surface area is 279 Å². The normalized spacial score (nSPS) is 21.6. The summed E-state index contributed by atoms with van der Waals surface area (Å²) in [4.78, 5) is 30.6. The predicted molar refractivity (Wildman–Crippen MR) is 182 cm³/mol. The molecule has 1 saturated heterocycles. The number of nitrogens with zero attached hydrogens (tertiary/aromatic N) is 1. The van der Waals surface area contributed by atoms with Crippen LogP contribution >= 0.6 is 11.8 Å². The summed E-state index contributed by atoms with van der Waals surface area (Å²) in [6, 6.07) is 14.5. The van der Waals surface area contributed by atoms with Gasteiger partial charge >= 0.3 is 0 Å². The van der Waals surface area contributed by atoms with E-state index in [0.29, 0.717) is 54.2 Å². The lowest BCUT2D eigenvalue weighted by molar-refractivity contribution is -0.132. The van der Waals surface area contributed by atoms with Gasteiger partial charge in [-0.1, -0.05) is 43.5 Å². The molecular weight excluding hydrogens is 602 g/mol. The Morgan fingerprint density at radius 3 is 2.50 bits per heavy atom. The SMILES string of the molecule is COCCOCOc1cccc(C(=O)N[C@@H](CSc2ccccc2)[C@H](O)CN2C[C@H]3CCCC[C@H]3C[C@H]2C(=O)NC(C)(C)C)c1C. The maximum absolute atomic E-state index is 13.8. The van der Waals surface area contributed by atoms with Crippen LogP contribution in [0.2, 0.25) is 0 Å². The monoisotopic (exact) mass is 655 g/mol. The zero-order chi connectivity index (χ0) is 33.1. The highest BCUT2D eigenvalue weighted by molar-refractivity contribution is 7.99. The van der Waals surface area contributed by atoms with Crippen LogP contribution in [0.3, 0.4) is 0 Å². The number of nitrogens with one attached hydrogen (secondary N) is 2. The van der Waals surface area contributed by atoms with Crippen molar-refractivity contribution in [2.75, 3.05) is 46.0 Å². The van der Waals surface area contributed by atoms with E-state index in [2.05, 4.69) is 15.5 Å². The van der Waals surface area contributed by atoms with Crippen molar-refractivity contribution in [3.05, 3.63) is 59.7 Å². The number of rotatable bonds is 15. The Kier molecular flexibility index (Phi) is 13.8. The lowest BCUT2D eigenvalue weighted by Crippen LogP contribution is -2.60. The molecule has 1 aliphatic heterocycles. The Morgan fingerprint density at radius 2 is 1.78 bits per heavy atom. The minimum absolute atomic E-state index is 0.0154. The minimum atomic E-state index is -0.890. The number of thioether (sulfide) groups is 1. The summed E-state index contributed by atoms with van der Waals surface area (Å²) in [5.41, 5.74) is 0.819. The molecule has 0 spiro atoms. The van der Waals surface area contributed by atoms with E-state index in [4.69, 9.17) is 14.2 Å². The maximum Gasteiger partial charge on any atom is 0.252 e. The van der Waals surface area contributed by atoms with Crippen LogP contribution in [-0.4, -0.2) is 91.5 Å². The van der Waals surface area contributed by atoms with Gasteiger partial charge in [0.1, 0.15) is 5.75 Å². The van der Waals surface area contributed by atoms with Crippen LogP contribution in [0.25, 0.3) is 0 Å². The van der Waals surface area contributed by atoms with Crippen LogP contribution in [0.1, 0.15) is 68.8 Å². The van der Waals surface area contributed by atoms with Gasteiger partial charge in [-0.2, -0.15) is 0 Å². The molecule has 0 unspecified atom stereocenters. The smallest absolute Gasteiger partial charge is 0.252 e. The summed E-state index contributed by atoms with van der Waals surface area (Å²) < 4.78 is 16.2. The molecule has 254 valence electrons. The third-order valence-electron chi connectivity index (χ3n) is 8.94. The second-order valence-corrected chi connectivity index (χ2v) is 14.7. The minimum Gasteiger partial charge on any atom is -0.467 e. The Morgan fingerprint density at radius 1 is 1.04 bits per heavy atom. The molecule has 46 heavy (non-hydrogen) atoms. The molecule has 1 saturated carbocycles. The van der Waals surface area contributed by atoms with E-state index in [0.717, 1.165) is 30.7 Å². The van der Waals surface area contributed by atoms with Gasteiger partial charge in [-0.3, -0.25) is 14.5 Å². The van der Waals surface area contributed by atoms with E-state index < -0.39 is 12.1 Å². The first-order chi connectivity index (χ1) is 22.1. The van der Waals surface area contributed by atoms with E-state index in [1.54, 1.807) is 37.1 Å². The standard InChI is InChI=1S/C36H53N3O6S/c1-25-29(16-11-17-33(25)45-24-44-19-18-43-5)34(41)37-30(23-46-28-14-7-6-8-15-28)32(40)22-39-21-27-13-10-9-12-26(27)20-31(39)35(42)38-36(2,3)4/h6-8,11,14-17,26-27,30-32,40H,9-10,12-13,18-24H2,1-5H3,(H,37,41)(H,38,42)/t26-,27+,30-,31-,32+/m0/s1. The van der Waals surface area contributed by atoms with E-state index >= 15 is 0 Å². The fourth-order valence-corrected chi connectivity index (χ4v) is 7.54.